The molecule has 0 bridgehead atoms. The SMILES string of the molecule is O=S(=O)(C1CC1)N1CCN(Cc2ccccc2Br)CC1. The first-order valence-corrected chi connectivity index (χ1v) is 9.32. The lowest BCUT2D eigenvalue weighted by molar-refractivity contribution is 0.181. The molecule has 6 heteroatoms. The topological polar surface area (TPSA) is 40.6 Å². The molecule has 2 aliphatic rings. The van der Waals surface area contributed by atoms with Gasteiger partial charge in [0.25, 0.3) is 0 Å². The minimum absolute atomic E-state index is 0.0858. The summed E-state index contributed by atoms with van der Waals surface area (Å²) < 4.78 is 27.1. The molecule has 1 aromatic carbocycles. The predicted molar refractivity (Wildman–Crippen MR) is 82.9 cm³/mol. The molecule has 1 aliphatic heterocycles. The van der Waals surface area contributed by atoms with Crippen molar-refractivity contribution < 1.29 is 8.42 Å². The molecule has 1 heterocycles. The molecule has 2 fully saturated rings. The zero-order chi connectivity index (χ0) is 14.2. The van der Waals surface area contributed by atoms with Gasteiger partial charge in [-0.2, -0.15) is 4.31 Å². The Bertz CT molecular complexity index is 579. The summed E-state index contributed by atoms with van der Waals surface area (Å²) in [7, 11) is -3.00. The van der Waals surface area contributed by atoms with Crippen molar-refractivity contribution in [3.8, 4) is 0 Å². The highest BCUT2D eigenvalue weighted by molar-refractivity contribution is 9.10. The molecule has 0 aromatic heterocycles. The number of hydrogen-bond donors (Lipinski definition) is 0. The Morgan fingerprint density at radius 1 is 1.10 bits per heavy atom. The first-order valence-electron chi connectivity index (χ1n) is 7.02. The number of sulfonamides is 1. The summed E-state index contributed by atoms with van der Waals surface area (Å²) >= 11 is 3.56. The van der Waals surface area contributed by atoms with E-state index >= 15 is 0 Å². The van der Waals surface area contributed by atoms with E-state index in [-0.39, 0.29) is 5.25 Å². The Kier molecular flexibility index (Phi) is 4.17. The largest absolute Gasteiger partial charge is 0.296 e. The van der Waals surface area contributed by atoms with Gasteiger partial charge in [0, 0.05) is 37.2 Å². The summed E-state index contributed by atoms with van der Waals surface area (Å²) in [5.74, 6) is 0. The summed E-state index contributed by atoms with van der Waals surface area (Å²) in [6.07, 6.45) is 1.69. The molecule has 0 amide bonds. The number of piperazine rings is 1. The molecule has 0 atom stereocenters. The maximum atomic E-state index is 12.2. The second kappa shape index (κ2) is 5.75. The molecule has 1 saturated carbocycles. The van der Waals surface area contributed by atoms with Gasteiger partial charge in [-0.15, -0.1) is 0 Å². The second-order valence-corrected chi connectivity index (χ2v) is 8.58. The minimum atomic E-state index is -3.00. The van der Waals surface area contributed by atoms with E-state index in [0.717, 1.165) is 36.9 Å². The highest BCUT2D eigenvalue weighted by Crippen LogP contribution is 2.31. The fourth-order valence-corrected chi connectivity index (χ4v) is 4.82. The lowest BCUT2D eigenvalue weighted by Crippen LogP contribution is -2.49. The van der Waals surface area contributed by atoms with Gasteiger partial charge in [0.1, 0.15) is 0 Å². The molecule has 1 saturated heterocycles. The fourth-order valence-electron chi connectivity index (χ4n) is 2.59. The maximum absolute atomic E-state index is 12.2. The normalized spacial score (nSPS) is 22.1. The van der Waals surface area contributed by atoms with Gasteiger partial charge in [-0.1, -0.05) is 34.1 Å². The van der Waals surface area contributed by atoms with Gasteiger partial charge in [0.15, 0.2) is 0 Å². The standard InChI is InChI=1S/C14H19BrN2O2S/c15-14-4-2-1-3-12(14)11-16-7-9-17(10-8-16)20(18,19)13-5-6-13/h1-4,13H,5-11H2. The van der Waals surface area contributed by atoms with Crippen molar-refractivity contribution in [3.63, 3.8) is 0 Å². The average Bonchev–Trinajstić information content (AvgIpc) is 3.27. The summed E-state index contributed by atoms with van der Waals surface area (Å²) in [5, 5.41) is -0.0858. The number of rotatable bonds is 4. The van der Waals surface area contributed by atoms with Crippen LogP contribution >= 0.6 is 15.9 Å². The fraction of sp³-hybridized carbons (Fsp3) is 0.571. The molecule has 1 aromatic rings. The molecule has 0 N–H and O–H groups in total. The van der Waals surface area contributed by atoms with Crippen molar-refractivity contribution in [1.29, 1.82) is 0 Å². The van der Waals surface area contributed by atoms with Gasteiger partial charge >= 0.3 is 0 Å². The summed E-state index contributed by atoms with van der Waals surface area (Å²) in [6, 6.07) is 8.20. The minimum Gasteiger partial charge on any atom is -0.296 e. The van der Waals surface area contributed by atoms with Crippen LogP contribution in [0.15, 0.2) is 28.7 Å². The highest BCUT2D eigenvalue weighted by atomic mass is 79.9. The van der Waals surface area contributed by atoms with Crippen LogP contribution in [0.5, 0.6) is 0 Å². The van der Waals surface area contributed by atoms with Crippen LogP contribution in [-0.4, -0.2) is 49.1 Å². The first kappa shape index (κ1) is 14.5. The maximum Gasteiger partial charge on any atom is 0.217 e. The van der Waals surface area contributed by atoms with Crippen molar-refractivity contribution >= 4 is 26.0 Å². The molecular weight excluding hydrogens is 340 g/mol. The van der Waals surface area contributed by atoms with E-state index in [0.29, 0.717) is 13.1 Å². The Hall–Kier alpha value is -0.430. The molecule has 0 spiro atoms. The van der Waals surface area contributed by atoms with Crippen LogP contribution in [0, 0.1) is 0 Å². The average molecular weight is 359 g/mol. The smallest absolute Gasteiger partial charge is 0.217 e. The van der Waals surface area contributed by atoms with Crippen molar-refractivity contribution in [1.82, 2.24) is 9.21 Å². The third-order valence-electron chi connectivity index (χ3n) is 3.99. The molecule has 20 heavy (non-hydrogen) atoms. The molecule has 1 aliphatic carbocycles. The Balaban J connectivity index is 1.58. The summed E-state index contributed by atoms with van der Waals surface area (Å²) in [5.41, 5.74) is 1.26. The quantitative estimate of drug-likeness (QED) is 0.826. The van der Waals surface area contributed by atoms with E-state index in [1.807, 2.05) is 18.2 Å². The highest BCUT2D eigenvalue weighted by Gasteiger charge is 2.40. The van der Waals surface area contributed by atoms with Gasteiger partial charge < -0.3 is 0 Å². The number of benzene rings is 1. The van der Waals surface area contributed by atoms with E-state index in [2.05, 4.69) is 26.9 Å². The predicted octanol–water partition coefficient (Wildman–Crippen LogP) is 2.06. The third kappa shape index (κ3) is 3.08. The third-order valence-corrected chi connectivity index (χ3v) is 7.16. The van der Waals surface area contributed by atoms with Gasteiger partial charge in [0.05, 0.1) is 5.25 Å². The van der Waals surface area contributed by atoms with Gasteiger partial charge in [-0.05, 0) is 24.5 Å². The van der Waals surface area contributed by atoms with E-state index in [1.54, 1.807) is 4.31 Å². The van der Waals surface area contributed by atoms with Gasteiger partial charge in [0.2, 0.25) is 10.0 Å². The molecule has 0 unspecified atom stereocenters. The molecule has 110 valence electrons. The van der Waals surface area contributed by atoms with Crippen molar-refractivity contribution in [2.45, 2.75) is 24.6 Å². The van der Waals surface area contributed by atoms with E-state index < -0.39 is 10.0 Å². The van der Waals surface area contributed by atoms with E-state index in [1.165, 1.54) is 5.56 Å². The van der Waals surface area contributed by atoms with E-state index in [4.69, 9.17) is 0 Å². The summed E-state index contributed by atoms with van der Waals surface area (Å²) in [6.45, 7) is 3.76. The lowest BCUT2D eigenvalue weighted by atomic mass is 10.2. The monoisotopic (exact) mass is 358 g/mol. The van der Waals surface area contributed by atoms with Crippen LogP contribution in [0.25, 0.3) is 0 Å². The van der Waals surface area contributed by atoms with Gasteiger partial charge in [-0.3, -0.25) is 4.90 Å². The zero-order valence-electron chi connectivity index (χ0n) is 11.3. The number of nitrogens with zero attached hydrogens (tertiary/aromatic N) is 2. The lowest BCUT2D eigenvalue weighted by Gasteiger charge is -2.34. The van der Waals surface area contributed by atoms with Gasteiger partial charge in [-0.25, -0.2) is 8.42 Å². The van der Waals surface area contributed by atoms with Crippen molar-refractivity contribution in [2.24, 2.45) is 0 Å². The molecule has 4 nitrogen and oxygen atoms in total. The second-order valence-electron chi connectivity index (χ2n) is 5.51. The molecular formula is C14H19BrN2O2S. The number of hydrogen-bond acceptors (Lipinski definition) is 3. The van der Waals surface area contributed by atoms with Crippen molar-refractivity contribution in [2.75, 3.05) is 26.2 Å². The summed E-state index contributed by atoms with van der Waals surface area (Å²) in [4.78, 5) is 2.32. The van der Waals surface area contributed by atoms with Crippen molar-refractivity contribution in [3.05, 3.63) is 34.3 Å². The van der Waals surface area contributed by atoms with Crippen LogP contribution in [0.1, 0.15) is 18.4 Å². The van der Waals surface area contributed by atoms with E-state index in [9.17, 15) is 8.42 Å². The molecule has 3 rings (SSSR count). The zero-order valence-corrected chi connectivity index (χ0v) is 13.7. The molecule has 0 radical (unpaired) electrons. The first-order chi connectivity index (χ1) is 9.57. The Morgan fingerprint density at radius 3 is 2.35 bits per heavy atom. The van der Waals surface area contributed by atoms with Crippen LogP contribution in [0.4, 0.5) is 0 Å². The van der Waals surface area contributed by atoms with Crippen LogP contribution in [0.3, 0.4) is 0 Å². The van der Waals surface area contributed by atoms with Crippen LogP contribution in [0.2, 0.25) is 0 Å². The Labute approximate surface area is 128 Å². The Morgan fingerprint density at radius 2 is 1.75 bits per heavy atom. The van der Waals surface area contributed by atoms with Crippen LogP contribution < -0.4 is 0 Å². The number of halogens is 1. The van der Waals surface area contributed by atoms with Crippen LogP contribution in [-0.2, 0) is 16.6 Å².